The summed E-state index contributed by atoms with van der Waals surface area (Å²) in [5.74, 6) is -0.986. The molecule has 0 amide bonds. The maximum atomic E-state index is 13.4. The van der Waals surface area contributed by atoms with Gasteiger partial charge in [0.1, 0.15) is 5.82 Å². The minimum Gasteiger partial charge on any atom is -0.260 e. The van der Waals surface area contributed by atoms with Crippen molar-refractivity contribution in [3.05, 3.63) is 65.7 Å². The van der Waals surface area contributed by atoms with Gasteiger partial charge in [-0.05, 0) is 18.2 Å². The Balaban J connectivity index is 2.16. The number of benzene rings is 1. The van der Waals surface area contributed by atoms with Crippen molar-refractivity contribution in [3.8, 4) is 0 Å². The van der Waals surface area contributed by atoms with Gasteiger partial charge in [0, 0.05) is 11.8 Å². The van der Waals surface area contributed by atoms with E-state index in [1.165, 1.54) is 24.4 Å². The van der Waals surface area contributed by atoms with Gasteiger partial charge < -0.3 is 0 Å². The van der Waals surface area contributed by atoms with Gasteiger partial charge in [-0.3, -0.25) is 4.98 Å². The Labute approximate surface area is 105 Å². The zero-order valence-electron chi connectivity index (χ0n) is 9.58. The number of pyridine rings is 1. The molecule has 0 spiro atoms. The average Bonchev–Trinajstić information content (AvgIpc) is 2.32. The highest BCUT2D eigenvalue weighted by Crippen LogP contribution is 2.13. The van der Waals surface area contributed by atoms with Gasteiger partial charge in [0.05, 0.1) is 17.2 Å². The SMILES string of the molecule is O=S(=O)(Cc1ccccn1)Cc1ccccc1F. The third kappa shape index (κ3) is 3.37. The van der Waals surface area contributed by atoms with E-state index in [9.17, 15) is 12.8 Å². The molecule has 0 bridgehead atoms. The topological polar surface area (TPSA) is 47.0 Å². The molecule has 0 saturated carbocycles. The van der Waals surface area contributed by atoms with Crippen LogP contribution in [0.25, 0.3) is 0 Å². The van der Waals surface area contributed by atoms with Crippen LogP contribution >= 0.6 is 0 Å². The fourth-order valence-corrected chi connectivity index (χ4v) is 3.04. The molecule has 0 fully saturated rings. The molecule has 0 atom stereocenters. The zero-order valence-corrected chi connectivity index (χ0v) is 10.4. The lowest BCUT2D eigenvalue weighted by atomic mass is 10.2. The molecule has 5 heteroatoms. The van der Waals surface area contributed by atoms with Crippen LogP contribution < -0.4 is 0 Å². The second-order valence-corrected chi connectivity index (χ2v) is 6.01. The molecule has 1 aromatic carbocycles. The van der Waals surface area contributed by atoms with Crippen molar-refractivity contribution in [2.45, 2.75) is 11.5 Å². The number of rotatable bonds is 4. The Morgan fingerprint density at radius 2 is 1.72 bits per heavy atom. The van der Waals surface area contributed by atoms with Crippen molar-refractivity contribution >= 4 is 9.84 Å². The summed E-state index contributed by atoms with van der Waals surface area (Å²) in [6.45, 7) is 0. The Hall–Kier alpha value is -1.75. The van der Waals surface area contributed by atoms with Crippen molar-refractivity contribution in [2.75, 3.05) is 0 Å². The second-order valence-electron chi connectivity index (χ2n) is 3.94. The summed E-state index contributed by atoms with van der Waals surface area (Å²) < 4.78 is 37.2. The Morgan fingerprint density at radius 1 is 1.00 bits per heavy atom. The van der Waals surface area contributed by atoms with Gasteiger partial charge in [-0.2, -0.15) is 0 Å². The molecule has 2 rings (SSSR count). The third-order valence-corrected chi connectivity index (χ3v) is 3.91. The minimum atomic E-state index is -3.41. The van der Waals surface area contributed by atoms with Gasteiger partial charge in [0.2, 0.25) is 0 Å². The lowest BCUT2D eigenvalue weighted by molar-refractivity contribution is 0.586. The van der Waals surface area contributed by atoms with Crippen molar-refractivity contribution in [1.29, 1.82) is 0 Å². The normalized spacial score (nSPS) is 11.4. The van der Waals surface area contributed by atoms with E-state index in [1.807, 2.05) is 0 Å². The highest BCUT2D eigenvalue weighted by Gasteiger charge is 2.15. The first-order chi connectivity index (χ1) is 8.57. The molecule has 0 aliphatic carbocycles. The highest BCUT2D eigenvalue weighted by molar-refractivity contribution is 7.89. The van der Waals surface area contributed by atoms with Gasteiger partial charge >= 0.3 is 0 Å². The largest absolute Gasteiger partial charge is 0.260 e. The molecule has 3 nitrogen and oxygen atoms in total. The van der Waals surface area contributed by atoms with Crippen molar-refractivity contribution in [1.82, 2.24) is 4.98 Å². The fraction of sp³-hybridized carbons (Fsp3) is 0.154. The lowest BCUT2D eigenvalue weighted by Gasteiger charge is -2.05. The molecule has 0 N–H and O–H groups in total. The molecule has 94 valence electrons. The molecule has 1 aromatic heterocycles. The molecule has 0 saturated heterocycles. The predicted molar refractivity (Wildman–Crippen MR) is 67.0 cm³/mol. The van der Waals surface area contributed by atoms with E-state index in [-0.39, 0.29) is 17.1 Å². The van der Waals surface area contributed by atoms with Gasteiger partial charge in [0.25, 0.3) is 0 Å². The highest BCUT2D eigenvalue weighted by atomic mass is 32.2. The second kappa shape index (κ2) is 5.27. The van der Waals surface area contributed by atoms with Crippen molar-refractivity contribution in [2.24, 2.45) is 0 Å². The van der Waals surface area contributed by atoms with Crippen LogP contribution in [0.4, 0.5) is 4.39 Å². The smallest absolute Gasteiger partial charge is 0.160 e. The summed E-state index contributed by atoms with van der Waals surface area (Å²) in [4.78, 5) is 3.96. The molecule has 2 aromatic rings. The first kappa shape index (κ1) is 12.7. The summed E-state index contributed by atoms with van der Waals surface area (Å²) in [6.07, 6.45) is 1.54. The van der Waals surface area contributed by atoms with Crippen LogP contribution in [0.1, 0.15) is 11.3 Å². The fourth-order valence-electron chi connectivity index (χ4n) is 1.61. The summed E-state index contributed by atoms with van der Waals surface area (Å²) in [6, 6.07) is 11.0. The zero-order chi connectivity index (χ0) is 13.0. The summed E-state index contributed by atoms with van der Waals surface area (Å²) in [5.41, 5.74) is 0.655. The van der Waals surface area contributed by atoms with E-state index in [0.717, 1.165) is 0 Å². The predicted octanol–water partition coefficient (Wildman–Crippen LogP) is 2.34. The van der Waals surface area contributed by atoms with Gasteiger partial charge in [0.15, 0.2) is 9.84 Å². The molecule has 0 unspecified atom stereocenters. The van der Waals surface area contributed by atoms with Crippen LogP contribution in [0, 0.1) is 5.82 Å². The molecule has 18 heavy (non-hydrogen) atoms. The van der Waals surface area contributed by atoms with Gasteiger partial charge in [-0.25, -0.2) is 12.8 Å². The van der Waals surface area contributed by atoms with E-state index < -0.39 is 15.7 Å². The number of aromatic nitrogens is 1. The van der Waals surface area contributed by atoms with E-state index >= 15 is 0 Å². The van der Waals surface area contributed by atoms with Crippen LogP contribution in [-0.4, -0.2) is 13.4 Å². The Kier molecular flexibility index (Phi) is 3.72. The maximum absolute atomic E-state index is 13.4. The Morgan fingerprint density at radius 3 is 2.39 bits per heavy atom. The monoisotopic (exact) mass is 265 g/mol. The maximum Gasteiger partial charge on any atom is 0.160 e. The lowest BCUT2D eigenvalue weighted by Crippen LogP contribution is -2.09. The first-order valence-corrected chi connectivity index (χ1v) is 7.23. The molecular weight excluding hydrogens is 253 g/mol. The van der Waals surface area contributed by atoms with Crippen LogP contribution in [0.15, 0.2) is 48.7 Å². The van der Waals surface area contributed by atoms with Crippen LogP contribution in [0.3, 0.4) is 0 Å². The first-order valence-electron chi connectivity index (χ1n) is 5.40. The molecular formula is C13H12FNO2S. The van der Waals surface area contributed by atoms with Crippen LogP contribution in [0.5, 0.6) is 0 Å². The van der Waals surface area contributed by atoms with E-state index in [0.29, 0.717) is 5.69 Å². The summed E-state index contributed by atoms with van der Waals surface area (Å²) >= 11 is 0. The molecule has 0 radical (unpaired) electrons. The molecule has 1 heterocycles. The number of sulfone groups is 1. The summed E-state index contributed by atoms with van der Waals surface area (Å²) in [5, 5.41) is 0. The summed E-state index contributed by atoms with van der Waals surface area (Å²) in [7, 11) is -3.41. The van der Waals surface area contributed by atoms with Crippen molar-refractivity contribution < 1.29 is 12.8 Å². The van der Waals surface area contributed by atoms with Crippen LogP contribution in [0.2, 0.25) is 0 Å². The average molecular weight is 265 g/mol. The van der Waals surface area contributed by atoms with Crippen LogP contribution in [-0.2, 0) is 21.3 Å². The minimum absolute atomic E-state index is 0.178. The molecule has 0 aliphatic heterocycles. The van der Waals surface area contributed by atoms with Gasteiger partial charge in [-0.1, -0.05) is 24.3 Å². The van der Waals surface area contributed by atoms with E-state index in [1.54, 1.807) is 24.3 Å². The van der Waals surface area contributed by atoms with Crippen molar-refractivity contribution in [3.63, 3.8) is 0 Å². The quantitative estimate of drug-likeness (QED) is 0.852. The number of nitrogens with zero attached hydrogens (tertiary/aromatic N) is 1. The number of hydrogen-bond acceptors (Lipinski definition) is 3. The van der Waals surface area contributed by atoms with Gasteiger partial charge in [-0.15, -0.1) is 0 Å². The standard InChI is InChI=1S/C13H12FNO2S/c14-13-7-2-1-5-11(13)9-18(16,17)10-12-6-3-4-8-15-12/h1-8H,9-10H2. The number of halogens is 1. The van der Waals surface area contributed by atoms with E-state index in [4.69, 9.17) is 0 Å². The third-order valence-electron chi connectivity index (χ3n) is 2.43. The Bertz CT molecular complexity index is 626. The molecule has 0 aliphatic rings. The number of hydrogen-bond donors (Lipinski definition) is 0. The van der Waals surface area contributed by atoms with E-state index in [2.05, 4.69) is 4.98 Å².